The number of rotatable bonds is 5. The summed E-state index contributed by atoms with van der Waals surface area (Å²) in [4.78, 5) is 4.96. The second-order valence-corrected chi connectivity index (χ2v) is 6.04. The minimum Gasteiger partial charge on any atom is -0.355 e. The van der Waals surface area contributed by atoms with E-state index in [9.17, 15) is 0 Å². The molecule has 0 amide bonds. The number of hydrogen-bond acceptors (Lipinski definition) is 4. The molecule has 0 atom stereocenters. The van der Waals surface area contributed by atoms with Gasteiger partial charge in [0.2, 0.25) is 0 Å². The third-order valence-corrected chi connectivity index (χ3v) is 3.10. The van der Waals surface area contributed by atoms with Gasteiger partial charge < -0.3 is 14.4 Å². The van der Waals surface area contributed by atoms with E-state index in [4.69, 9.17) is 9.47 Å². The second kappa shape index (κ2) is 6.69. The third kappa shape index (κ3) is 5.82. The van der Waals surface area contributed by atoms with E-state index in [0.29, 0.717) is 5.41 Å². The minimum absolute atomic E-state index is 0.0934. The van der Waals surface area contributed by atoms with E-state index in [0.717, 1.165) is 32.7 Å². The fraction of sp³-hybridized carbons (Fsp3) is 1.00. The molecule has 4 heteroatoms. The maximum atomic E-state index is 5.23. The molecule has 0 aromatic carbocycles. The van der Waals surface area contributed by atoms with E-state index < -0.39 is 0 Å². The molecular formula is C13H28N2O2. The summed E-state index contributed by atoms with van der Waals surface area (Å²) in [6.45, 7) is 13.5. The van der Waals surface area contributed by atoms with Crippen LogP contribution in [0.1, 0.15) is 20.8 Å². The normalized spacial score (nSPS) is 20.1. The van der Waals surface area contributed by atoms with E-state index in [1.54, 1.807) is 14.2 Å². The molecule has 1 aliphatic heterocycles. The Morgan fingerprint density at radius 2 is 1.41 bits per heavy atom. The van der Waals surface area contributed by atoms with Crippen LogP contribution in [0.4, 0.5) is 0 Å². The lowest BCUT2D eigenvalue weighted by Crippen LogP contribution is -2.50. The van der Waals surface area contributed by atoms with E-state index in [1.807, 2.05) is 0 Å². The number of nitrogens with zero attached hydrogens (tertiary/aromatic N) is 2. The molecule has 0 aromatic rings. The van der Waals surface area contributed by atoms with Gasteiger partial charge in [0, 0.05) is 53.5 Å². The second-order valence-electron chi connectivity index (χ2n) is 6.04. The minimum atomic E-state index is -0.0934. The van der Waals surface area contributed by atoms with Gasteiger partial charge in [-0.25, -0.2) is 0 Å². The first-order valence-electron chi connectivity index (χ1n) is 6.45. The van der Waals surface area contributed by atoms with Crippen molar-refractivity contribution in [2.75, 3.05) is 53.5 Å². The van der Waals surface area contributed by atoms with Crippen molar-refractivity contribution in [1.29, 1.82) is 0 Å². The largest absolute Gasteiger partial charge is 0.355 e. The molecule has 0 bridgehead atoms. The van der Waals surface area contributed by atoms with Crippen LogP contribution in [0, 0.1) is 5.41 Å². The summed E-state index contributed by atoms with van der Waals surface area (Å²) in [5.41, 5.74) is 0.393. The maximum absolute atomic E-state index is 5.23. The zero-order valence-corrected chi connectivity index (χ0v) is 12.0. The van der Waals surface area contributed by atoms with Crippen LogP contribution in [-0.4, -0.2) is 69.6 Å². The van der Waals surface area contributed by atoms with Crippen LogP contribution in [0.25, 0.3) is 0 Å². The molecule has 0 spiro atoms. The number of methoxy groups -OCH3 is 2. The van der Waals surface area contributed by atoms with Crippen molar-refractivity contribution in [3.8, 4) is 0 Å². The Hall–Kier alpha value is -0.160. The van der Waals surface area contributed by atoms with Crippen molar-refractivity contribution in [1.82, 2.24) is 9.80 Å². The molecule has 1 fully saturated rings. The van der Waals surface area contributed by atoms with Gasteiger partial charge in [0.1, 0.15) is 0 Å². The summed E-state index contributed by atoms with van der Waals surface area (Å²) >= 11 is 0. The molecule has 0 unspecified atom stereocenters. The van der Waals surface area contributed by atoms with Crippen molar-refractivity contribution in [3.63, 3.8) is 0 Å². The lowest BCUT2D eigenvalue weighted by atomic mass is 9.96. The molecule has 0 radical (unpaired) electrons. The van der Waals surface area contributed by atoms with Gasteiger partial charge >= 0.3 is 0 Å². The highest BCUT2D eigenvalue weighted by atomic mass is 16.7. The molecule has 0 N–H and O–H groups in total. The van der Waals surface area contributed by atoms with Crippen molar-refractivity contribution >= 4 is 0 Å². The van der Waals surface area contributed by atoms with E-state index in [-0.39, 0.29) is 6.29 Å². The molecule has 4 nitrogen and oxygen atoms in total. The highest BCUT2D eigenvalue weighted by Crippen LogP contribution is 2.16. The lowest BCUT2D eigenvalue weighted by Gasteiger charge is -2.38. The first kappa shape index (κ1) is 14.9. The zero-order valence-electron chi connectivity index (χ0n) is 12.0. The molecule has 0 aromatic heterocycles. The van der Waals surface area contributed by atoms with Gasteiger partial charge in [-0.05, 0) is 5.41 Å². The molecule has 102 valence electrons. The summed E-state index contributed by atoms with van der Waals surface area (Å²) < 4.78 is 10.5. The number of ether oxygens (including phenoxy) is 2. The van der Waals surface area contributed by atoms with Crippen molar-refractivity contribution in [3.05, 3.63) is 0 Å². The standard InChI is InChI=1S/C13H28N2O2/c1-13(2,3)11-15-8-6-14(7-9-15)10-12(16-4)17-5/h12H,6-11H2,1-5H3. The van der Waals surface area contributed by atoms with Gasteiger partial charge in [0.15, 0.2) is 6.29 Å². The van der Waals surface area contributed by atoms with Crippen LogP contribution in [0.3, 0.4) is 0 Å². The quantitative estimate of drug-likeness (QED) is 0.680. The SMILES string of the molecule is COC(CN1CCN(CC(C)(C)C)CC1)OC. The van der Waals surface area contributed by atoms with Crippen LogP contribution in [0.5, 0.6) is 0 Å². The average molecular weight is 244 g/mol. The van der Waals surface area contributed by atoms with Crippen LogP contribution in [-0.2, 0) is 9.47 Å². The van der Waals surface area contributed by atoms with Crippen molar-refractivity contribution in [2.45, 2.75) is 27.1 Å². The van der Waals surface area contributed by atoms with Crippen LogP contribution in [0.2, 0.25) is 0 Å². The fourth-order valence-electron chi connectivity index (χ4n) is 2.26. The van der Waals surface area contributed by atoms with Crippen LogP contribution in [0.15, 0.2) is 0 Å². The molecule has 1 aliphatic rings. The lowest BCUT2D eigenvalue weighted by molar-refractivity contribution is -0.119. The molecule has 1 saturated heterocycles. The van der Waals surface area contributed by atoms with Gasteiger partial charge in [-0.15, -0.1) is 0 Å². The Morgan fingerprint density at radius 3 is 1.82 bits per heavy atom. The Kier molecular flexibility index (Phi) is 5.86. The van der Waals surface area contributed by atoms with Crippen LogP contribution >= 0.6 is 0 Å². The first-order chi connectivity index (χ1) is 7.94. The Bertz CT molecular complexity index is 204. The predicted octanol–water partition coefficient (Wildman–Crippen LogP) is 1.27. The molecular weight excluding hydrogens is 216 g/mol. The monoisotopic (exact) mass is 244 g/mol. The van der Waals surface area contributed by atoms with Crippen LogP contribution < -0.4 is 0 Å². The van der Waals surface area contributed by atoms with Gasteiger partial charge in [-0.2, -0.15) is 0 Å². The zero-order chi connectivity index (χ0) is 12.9. The maximum Gasteiger partial charge on any atom is 0.169 e. The number of piperazine rings is 1. The highest BCUT2D eigenvalue weighted by Gasteiger charge is 2.22. The van der Waals surface area contributed by atoms with Crippen molar-refractivity contribution < 1.29 is 9.47 Å². The first-order valence-corrected chi connectivity index (χ1v) is 6.45. The van der Waals surface area contributed by atoms with Gasteiger partial charge in [-0.1, -0.05) is 20.8 Å². The van der Waals surface area contributed by atoms with Gasteiger partial charge in [0.25, 0.3) is 0 Å². The summed E-state index contributed by atoms with van der Waals surface area (Å²) in [5, 5.41) is 0. The Labute approximate surface area is 106 Å². The third-order valence-electron chi connectivity index (χ3n) is 3.10. The molecule has 0 saturated carbocycles. The summed E-state index contributed by atoms with van der Waals surface area (Å²) in [6.07, 6.45) is -0.0934. The summed E-state index contributed by atoms with van der Waals surface area (Å²) in [6, 6.07) is 0. The molecule has 0 aliphatic carbocycles. The smallest absolute Gasteiger partial charge is 0.169 e. The summed E-state index contributed by atoms with van der Waals surface area (Å²) in [5.74, 6) is 0. The van der Waals surface area contributed by atoms with E-state index >= 15 is 0 Å². The summed E-state index contributed by atoms with van der Waals surface area (Å²) in [7, 11) is 3.40. The van der Waals surface area contributed by atoms with Gasteiger partial charge in [0.05, 0.1) is 0 Å². The van der Waals surface area contributed by atoms with E-state index in [2.05, 4.69) is 30.6 Å². The average Bonchev–Trinajstić information content (AvgIpc) is 2.26. The predicted molar refractivity (Wildman–Crippen MR) is 70.1 cm³/mol. The molecule has 17 heavy (non-hydrogen) atoms. The molecule has 1 heterocycles. The van der Waals surface area contributed by atoms with E-state index in [1.165, 1.54) is 6.54 Å². The van der Waals surface area contributed by atoms with Crippen molar-refractivity contribution in [2.24, 2.45) is 5.41 Å². The highest BCUT2D eigenvalue weighted by molar-refractivity contribution is 4.76. The fourth-order valence-corrected chi connectivity index (χ4v) is 2.26. The molecule has 1 rings (SSSR count). The topological polar surface area (TPSA) is 24.9 Å². The Morgan fingerprint density at radius 1 is 0.941 bits per heavy atom. The van der Waals surface area contributed by atoms with Gasteiger partial charge in [-0.3, -0.25) is 4.90 Å². The Balaban J connectivity index is 2.26. The number of hydrogen-bond donors (Lipinski definition) is 0.